The Morgan fingerprint density at radius 3 is 3.12 bits per heavy atom. The third-order valence-corrected chi connectivity index (χ3v) is 3.48. The van der Waals surface area contributed by atoms with Crippen LogP contribution in [0.5, 0.6) is 0 Å². The first-order chi connectivity index (χ1) is 8.24. The molecule has 0 unspecified atom stereocenters. The van der Waals surface area contributed by atoms with Crippen molar-refractivity contribution in [3.8, 4) is 0 Å². The predicted molar refractivity (Wildman–Crippen MR) is 66.4 cm³/mol. The minimum absolute atomic E-state index is 0.0180. The van der Waals surface area contributed by atoms with E-state index in [0.717, 1.165) is 21.5 Å². The highest BCUT2D eigenvalue weighted by molar-refractivity contribution is 7.17. The van der Waals surface area contributed by atoms with E-state index in [0.29, 0.717) is 6.54 Å². The zero-order valence-corrected chi connectivity index (χ0v) is 10.0. The summed E-state index contributed by atoms with van der Waals surface area (Å²) in [6, 6.07) is 5.64. The van der Waals surface area contributed by atoms with E-state index in [1.54, 1.807) is 22.1 Å². The van der Waals surface area contributed by atoms with Crippen LogP contribution >= 0.6 is 11.3 Å². The summed E-state index contributed by atoms with van der Waals surface area (Å²) in [6.45, 7) is 2.28. The lowest BCUT2D eigenvalue weighted by Crippen LogP contribution is -2.19. The zero-order chi connectivity index (χ0) is 11.8. The molecule has 0 saturated carbocycles. The molecular formula is C12H10N2O2S. The van der Waals surface area contributed by atoms with Gasteiger partial charge >= 0.3 is 0 Å². The number of nitrogens with zero attached hydrogens (tertiary/aromatic N) is 2. The molecule has 0 aliphatic carbocycles. The summed E-state index contributed by atoms with van der Waals surface area (Å²) in [4.78, 5) is 12.1. The van der Waals surface area contributed by atoms with Crippen molar-refractivity contribution in [2.24, 2.45) is 0 Å². The van der Waals surface area contributed by atoms with Crippen LogP contribution in [0, 0.1) is 6.92 Å². The average Bonchev–Trinajstić information content (AvgIpc) is 2.92. The van der Waals surface area contributed by atoms with Crippen molar-refractivity contribution in [1.29, 1.82) is 0 Å². The second kappa shape index (κ2) is 3.85. The van der Waals surface area contributed by atoms with Crippen molar-refractivity contribution in [1.82, 2.24) is 9.72 Å². The minimum atomic E-state index is 0.0180. The van der Waals surface area contributed by atoms with E-state index in [9.17, 15) is 4.79 Å². The monoisotopic (exact) mass is 246 g/mol. The molecule has 3 rings (SSSR count). The molecule has 0 radical (unpaired) electrons. The van der Waals surface area contributed by atoms with Gasteiger partial charge in [0.25, 0.3) is 5.56 Å². The number of hydrogen-bond donors (Lipinski definition) is 0. The fourth-order valence-electron chi connectivity index (χ4n) is 1.80. The SMILES string of the molecule is Cc1cc(Cn2ccc3sccc3c2=O)no1. The molecule has 0 spiro atoms. The Morgan fingerprint density at radius 2 is 2.35 bits per heavy atom. The second-order valence-electron chi connectivity index (χ2n) is 3.88. The average molecular weight is 246 g/mol. The number of pyridine rings is 1. The Balaban J connectivity index is 2.06. The van der Waals surface area contributed by atoms with Crippen molar-refractivity contribution < 1.29 is 4.52 Å². The molecule has 0 atom stereocenters. The molecule has 0 bridgehead atoms. The molecule has 0 fully saturated rings. The highest BCUT2D eigenvalue weighted by Crippen LogP contribution is 2.16. The lowest BCUT2D eigenvalue weighted by molar-refractivity contribution is 0.388. The summed E-state index contributed by atoms with van der Waals surface area (Å²) < 4.78 is 7.65. The fourth-order valence-corrected chi connectivity index (χ4v) is 2.57. The number of fused-ring (bicyclic) bond motifs is 1. The summed E-state index contributed by atoms with van der Waals surface area (Å²) in [5.74, 6) is 0.754. The van der Waals surface area contributed by atoms with Crippen molar-refractivity contribution >= 4 is 21.4 Å². The Kier molecular flexibility index (Phi) is 2.33. The first kappa shape index (κ1) is 10.3. The van der Waals surface area contributed by atoms with Gasteiger partial charge in [0.1, 0.15) is 11.5 Å². The zero-order valence-electron chi connectivity index (χ0n) is 9.21. The third kappa shape index (κ3) is 1.78. The molecule has 4 nitrogen and oxygen atoms in total. The molecule has 5 heteroatoms. The van der Waals surface area contributed by atoms with Crippen LogP contribution in [-0.4, -0.2) is 9.72 Å². The van der Waals surface area contributed by atoms with Crippen molar-refractivity contribution in [2.45, 2.75) is 13.5 Å². The van der Waals surface area contributed by atoms with Crippen LogP contribution in [0.25, 0.3) is 10.1 Å². The maximum absolute atomic E-state index is 12.1. The van der Waals surface area contributed by atoms with Crippen LogP contribution in [0.1, 0.15) is 11.5 Å². The van der Waals surface area contributed by atoms with Gasteiger partial charge in [-0.3, -0.25) is 4.79 Å². The number of aromatic nitrogens is 2. The van der Waals surface area contributed by atoms with Crippen LogP contribution in [0.4, 0.5) is 0 Å². The molecular weight excluding hydrogens is 236 g/mol. The first-order valence-corrected chi connectivity index (χ1v) is 6.11. The van der Waals surface area contributed by atoms with Gasteiger partial charge < -0.3 is 9.09 Å². The molecule has 0 amide bonds. The van der Waals surface area contributed by atoms with Crippen LogP contribution in [0.15, 0.2) is 39.1 Å². The number of aryl methyl sites for hydroxylation is 1. The van der Waals surface area contributed by atoms with Gasteiger partial charge in [-0.05, 0) is 24.4 Å². The molecule has 0 N–H and O–H groups in total. The van der Waals surface area contributed by atoms with Gasteiger partial charge in [0.2, 0.25) is 0 Å². The van der Waals surface area contributed by atoms with Crippen molar-refractivity contribution in [3.63, 3.8) is 0 Å². The number of rotatable bonds is 2. The Labute approximate surface area is 101 Å². The molecule has 3 aromatic rings. The van der Waals surface area contributed by atoms with E-state index in [4.69, 9.17) is 4.52 Å². The largest absolute Gasteiger partial charge is 0.361 e. The van der Waals surface area contributed by atoms with Gasteiger partial charge in [0.05, 0.1) is 11.9 Å². The van der Waals surface area contributed by atoms with Gasteiger partial charge in [-0.1, -0.05) is 5.16 Å². The second-order valence-corrected chi connectivity index (χ2v) is 4.82. The summed E-state index contributed by atoms with van der Waals surface area (Å²) in [7, 11) is 0. The van der Waals surface area contributed by atoms with Crippen LogP contribution < -0.4 is 5.56 Å². The quantitative estimate of drug-likeness (QED) is 0.697. The maximum Gasteiger partial charge on any atom is 0.259 e. The van der Waals surface area contributed by atoms with E-state index in [-0.39, 0.29) is 5.56 Å². The van der Waals surface area contributed by atoms with Gasteiger partial charge in [-0.25, -0.2) is 0 Å². The summed E-state index contributed by atoms with van der Waals surface area (Å²) >= 11 is 1.57. The van der Waals surface area contributed by atoms with Crippen LogP contribution in [0.3, 0.4) is 0 Å². The topological polar surface area (TPSA) is 48.0 Å². The van der Waals surface area contributed by atoms with Gasteiger partial charge in [0, 0.05) is 17.0 Å². The molecule has 3 aromatic heterocycles. The normalized spacial score (nSPS) is 11.1. The Hall–Kier alpha value is -1.88. The van der Waals surface area contributed by atoms with E-state index in [1.807, 2.05) is 30.5 Å². The smallest absolute Gasteiger partial charge is 0.259 e. The third-order valence-electron chi connectivity index (χ3n) is 2.60. The summed E-state index contributed by atoms with van der Waals surface area (Å²) in [5.41, 5.74) is 0.781. The van der Waals surface area contributed by atoms with E-state index in [1.165, 1.54) is 0 Å². The van der Waals surface area contributed by atoms with Crippen molar-refractivity contribution in [2.75, 3.05) is 0 Å². The molecule has 17 heavy (non-hydrogen) atoms. The Bertz CT molecular complexity index is 723. The minimum Gasteiger partial charge on any atom is -0.361 e. The maximum atomic E-state index is 12.1. The highest BCUT2D eigenvalue weighted by Gasteiger charge is 2.06. The number of thiophene rings is 1. The van der Waals surface area contributed by atoms with Gasteiger partial charge in [-0.15, -0.1) is 11.3 Å². The van der Waals surface area contributed by atoms with E-state index >= 15 is 0 Å². The molecule has 0 aliphatic rings. The predicted octanol–water partition coefficient (Wildman–Crippen LogP) is 2.41. The lowest BCUT2D eigenvalue weighted by atomic mass is 10.3. The van der Waals surface area contributed by atoms with E-state index in [2.05, 4.69) is 5.16 Å². The summed E-state index contributed by atoms with van der Waals surface area (Å²) in [6.07, 6.45) is 1.80. The molecule has 86 valence electrons. The highest BCUT2D eigenvalue weighted by atomic mass is 32.1. The van der Waals surface area contributed by atoms with E-state index < -0.39 is 0 Å². The fraction of sp³-hybridized carbons (Fsp3) is 0.167. The van der Waals surface area contributed by atoms with Crippen LogP contribution in [-0.2, 0) is 6.54 Å². The van der Waals surface area contributed by atoms with Gasteiger partial charge in [-0.2, -0.15) is 0 Å². The van der Waals surface area contributed by atoms with Crippen LogP contribution in [0.2, 0.25) is 0 Å². The first-order valence-electron chi connectivity index (χ1n) is 5.23. The Morgan fingerprint density at radius 1 is 1.47 bits per heavy atom. The van der Waals surface area contributed by atoms with Gasteiger partial charge in [0.15, 0.2) is 0 Å². The standard InChI is InChI=1S/C12H10N2O2S/c1-8-6-9(13-16-8)7-14-4-2-11-10(12(14)15)3-5-17-11/h2-6H,7H2,1H3. The molecule has 0 aliphatic heterocycles. The molecule has 0 saturated heterocycles. The molecule has 3 heterocycles. The van der Waals surface area contributed by atoms with Crippen molar-refractivity contribution in [3.05, 3.63) is 51.6 Å². The summed E-state index contributed by atoms with van der Waals surface area (Å²) in [5, 5.41) is 6.58. The number of hydrogen-bond acceptors (Lipinski definition) is 4. The molecule has 0 aromatic carbocycles. The lowest BCUT2D eigenvalue weighted by Gasteiger charge is -2.02.